The summed E-state index contributed by atoms with van der Waals surface area (Å²) in [7, 11) is -0.404. The van der Waals surface area contributed by atoms with Crippen LogP contribution in [0.4, 0.5) is 0 Å². The number of nitrogens with one attached hydrogen (secondary N) is 1. The number of sulfone groups is 1. The molecule has 158 valence electrons. The van der Waals surface area contributed by atoms with Crippen LogP contribution in [0.3, 0.4) is 0 Å². The third kappa shape index (κ3) is 5.18. The van der Waals surface area contributed by atoms with E-state index in [1.807, 2.05) is 0 Å². The van der Waals surface area contributed by atoms with Gasteiger partial charge < -0.3 is 19.3 Å². The third-order valence-electron chi connectivity index (χ3n) is 4.39. The molecule has 9 heteroatoms. The number of benzene rings is 2. The highest BCUT2D eigenvalue weighted by molar-refractivity contribution is 7.91. The van der Waals surface area contributed by atoms with E-state index in [-0.39, 0.29) is 29.5 Å². The molecule has 0 unspecified atom stereocenters. The summed E-state index contributed by atoms with van der Waals surface area (Å²) in [4.78, 5) is 12.3. The molecule has 0 fully saturated rings. The summed E-state index contributed by atoms with van der Waals surface area (Å²) in [5.41, 5.74) is 1.26. The zero-order chi connectivity index (χ0) is 21.6. The van der Waals surface area contributed by atoms with E-state index < -0.39 is 9.84 Å². The van der Waals surface area contributed by atoms with Crippen LogP contribution >= 0.6 is 0 Å². The molecule has 0 aliphatic rings. The molecule has 3 aromatic rings. The van der Waals surface area contributed by atoms with E-state index in [9.17, 15) is 13.2 Å². The first kappa shape index (κ1) is 21.4. The van der Waals surface area contributed by atoms with Gasteiger partial charge in [0.25, 0.3) is 0 Å². The van der Waals surface area contributed by atoms with Crippen molar-refractivity contribution in [3.8, 4) is 22.8 Å². The Hall–Kier alpha value is -3.33. The standard InChI is InChI=1S/C21H22N2O6S/c1-27-18-9-8-15(12-20(18)28-2)19-13-16(23-29-19)14-22-21(24)10-11-30(25,26)17-6-4-3-5-7-17/h3-9,12-13H,10-11,14H2,1-2H3,(H,22,24). The predicted octanol–water partition coefficient (Wildman–Crippen LogP) is 2.84. The molecule has 0 aliphatic heterocycles. The number of carbonyl (C=O) groups is 1. The van der Waals surface area contributed by atoms with Gasteiger partial charge in [-0.1, -0.05) is 23.4 Å². The van der Waals surface area contributed by atoms with Crippen molar-refractivity contribution < 1.29 is 27.2 Å². The smallest absolute Gasteiger partial charge is 0.221 e. The molecular formula is C21H22N2O6S. The first-order chi connectivity index (χ1) is 14.4. The Labute approximate surface area is 174 Å². The van der Waals surface area contributed by atoms with E-state index in [1.54, 1.807) is 56.7 Å². The van der Waals surface area contributed by atoms with E-state index in [4.69, 9.17) is 14.0 Å². The molecule has 2 aromatic carbocycles. The topological polar surface area (TPSA) is 108 Å². The van der Waals surface area contributed by atoms with Gasteiger partial charge in [0.05, 0.1) is 31.4 Å². The molecular weight excluding hydrogens is 408 g/mol. The zero-order valence-electron chi connectivity index (χ0n) is 16.6. The molecule has 30 heavy (non-hydrogen) atoms. The molecule has 1 heterocycles. The number of aromatic nitrogens is 1. The Morgan fingerprint density at radius 1 is 1.03 bits per heavy atom. The number of nitrogens with zero attached hydrogens (tertiary/aromatic N) is 1. The normalized spacial score (nSPS) is 11.1. The van der Waals surface area contributed by atoms with E-state index in [1.165, 1.54) is 12.1 Å². The molecule has 0 radical (unpaired) electrons. The maximum absolute atomic E-state index is 12.2. The van der Waals surface area contributed by atoms with Crippen molar-refractivity contribution in [2.75, 3.05) is 20.0 Å². The summed E-state index contributed by atoms with van der Waals surface area (Å²) < 4.78 is 40.3. The fraction of sp³-hybridized carbons (Fsp3) is 0.238. The number of methoxy groups -OCH3 is 2. The van der Waals surface area contributed by atoms with Gasteiger partial charge in [-0.3, -0.25) is 4.79 Å². The maximum Gasteiger partial charge on any atom is 0.221 e. The van der Waals surface area contributed by atoms with Crippen LogP contribution in [-0.2, 0) is 21.2 Å². The second-order valence-electron chi connectivity index (χ2n) is 6.41. The van der Waals surface area contributed by atoms with Crippen molar-refractivity contribution in [2.45, 2.75) is 17.9 Å². The van der Waals surface area contributed by atoms with Crippen LogP contribution in [0.15, 0.2) is 64.0 Å². The van der Waals surface area contributed by atoms with E-state index in [0.717, 1.165) is 5.56 Å². The number of amides is 1. The molecule has 0 bridgehead atoms. The number of carbonyl (C=O) groups excluding carboxylic acids is 1. The lowest BCUT2D eigenvalue weighted by Gasteiger charge is -2.07. The van der Waals surface area contributed by atoms with Crippen LogP contribution in [-0.4, -0.2) is 39.5 Å². The SMILES string of the molecule is COc1ccc(-c2cc(CNC(=O)CCS(=O)(=O)c3ccccc3)no2)cc1OC. The van der Waals surface area contributed by atoms with Crippen LogP contribution in [0.2, 0.25) is 0 Å². The second kappa shape index (κ2) is 9.45. The van der Waals surface area contributed by atoms with Crippen LogP contribution in [0.1, 0.15) is 12.1 Å². The predicted molar refractivity (Wildman–Crippen MR) is 110 cm³/mol. The van der Waals surface area contributed by atoms with Crippen molar-refractivity contribution >= 4 is 15.7 Å². The summed E-state index contributed by atoms with van der Waals surface area (Å²) in [5, 5.41) is 6.60. The minimum Gasteiger partial charge on any atom is -0.493 e. The van der Waals surface area contributed by atoms with E-state index >= 15 is 0 Å². The maximum atomic E-state index is 12.2. The fourth-order valence-corrected chi connectivity index (χ4v) is 4.03. The molecule has 1 N–H and O–H groups in total. The van der Waals surface area contributed by atoms with Gasteiger partial charge in [0.2, 0.25) is 5.91 Å². The van der Waals surface area contributed by atoms with Crippen molar-refractivity contribution in [2.24, 2.45) is 0 Å². The molecule has 0 aliphatic carbocycles. The lowest BCUT2D eigenvalue weighted by atomic mass is 10.1. The summed E-state index contributed by atoms with van der Waals surface area (Å²) in [6, 6.07) is 15.1. The molecule has 0 saturated heterocycles. The Kier molecular flexibility index (Phi) is 6.73. The lowest BCUT2D eigenvalue weighted by Crippen LogP contribution is -2.25. The minimum absolute atomic E-state index is 0.126. The zero-order valence-corrected chi connectivity index (χ0v) is 17.4. The van der Waals surface area contributed by atoms with E-state index in [2.05, 4.69) is 10.5 Å². The molecule has 3 rings (SSSR count). The van der Waals surface area contributed by atoms with Crippen LogP contribution < -0.4 is 14.8 Å². The molecule has 0 atom stereocenters. The van der Waals surface area contributed by atoms with Crippen LogP contribution in [0.25, 0.3) is 11.3 Å². The van der Waals surface area contributed by atoms with Crippen molar-refractivity contribution in [3.05, 3.63) is 60.3 Å². The van der Waals surface area contributed by atoms with Crippen molar-refractivity contribution in [1.82, 2.24) is 10.5 Å². The van der Waals surface area contributed by atoms with Gasteiger partial charge in [0.1, 0.15) is 5.69 Å². The summed E-state index contributed by atoms with van der Waals surface area (Å²) in [6.45, 7) is 0.126. The second-order valence-corrected chi connectivity index (χ2v) is 8.52. The first-order valence-corrected chi connectivity index (χ1v) is 10.8. The van der Waals surface area contributed by atoms with Gasteiger partial charge in [-0.25, -0.2) is 8.42 Å². The Morgan fingerprint density at radius 2 is 1.77 bits per heavy atom. The Bertz CT molecular complexity index is 1110. The fourth-order valence-electron chi connectivity index (χ4n) is 2.77. The first-order valence-electron chi connectivity index (χ1n) is 9.15. The van der Waals surface area contributed by atoms with Gasteiger partial charge in [0, 0.05) is 18.1 Å². The molecule has 8 nitrogen and oxygen atoms in total. The molecule has 1 aromatic heterocycles. The van der Waals surface area contributed by atoms with Crippen molar-refractivity contribution in [3.63, 3.8) is 0 Å². The highest BCUT2D eigenvalue weighted by Crippen LogP contribution is 2.32. The van der Waals surface area contributed by atoms with Crippen LogP contribution in [0.5, 0.6) is 11.5 Å². The highest BCUT2D eigenvalue weighted by atomic mass is 32.2. The van der Waals surface area contributed by atoms with Gasteiger partial charge >= 0.3 is 0 Å². The minimum atomic E-state index is -3.50. The quantitative estimate of drug-likeness (QED) is 0.556. The van der Waals surface area contributed by atoms with Crippen LogP contribution in [0, 0.1) is 0 Å². The Morgan fingerprint density at radius 3 is 2.47 bits per heavy atom. The molecule has 0 saturated carbocycles. The summed E-state index contributed by atoms with van der Waals surface area (Å²) in [6.07, 6.45) is -0.141. The average Bonchev–Trinajstić information content (AvgIpc) is 3.25. The summed E-state index contributed by atoms with van der Waals surface area (Å²) in [5.74, 6) is 1.01. The van der Waals surface area contributed by atoms with E-state index in [0.29, 0.717) is 23.0 Å². The highest BCUT2D eigenvalue weighted by Gasteiger charge is 2.16. The number of ether oxygens (including phenoxy) is 2. The molecule has 1 amide bonds. The van der Waals surface area contributed by atoms with Gasteiger partial charge in [0.15, 0.2) is 27.1 Å². The molecule has 0 spiro atoms. The monoisotopic (exact) mass is 430 g/mol. The Balaban J connectivity index is 1.56. The summed E-state index contributed by atoms with van der Waals surface area (Å²) >= 11 is 0. The number of rotatable bonds is 9. The number of hydrogen-bond acceptors (Lipinski definition) is 7. The van der Waals surface area contributed by atoms with Gasteiger partial charge in [-0.05, 0) is 30.3 Å². The van der Waals surface area contributed by atoms with Crippen molar-refractivity contribution in [1.29, 1.82) is 0 Å². The van der Waals surface area contributed by atoms with Gasteiger partial charge in [-0.15, -0.1) is 0 Å². The number of hydrogen-bond donors (Lipinski definition) is 1. The average molecular weight is 430 g/mol. The van der Waals surface area contributed by atoms with Gasteiger partial charge in [-0.2, -0.15) is 0 Å². The third-order valence-corrected chi connectivity index (χ3v) is 6.13. The lowest BCUT2D eigenvalue weighted by molar-refractivity contribution is -0.120. The largest absolute Gasteiger partial charge is 0.493 e.